The molecule has 0 radical (unpaired) electrons. The highest BCUT2D eigenvalue weighted by Gasteiger charge is 2.15. The molecule has 0 aliphatic rings. The second-order valence-corrected chi connectivity index (χ2v) is 8.96. The summed E-state index contributed by atoms with van der Waals surface area (Å²) in [5.74, 6) is 0.958. The van der Waals surface area contributed by atoms with Gasteiger partial charge in [-0.05, 0) is 42.2 Å². The topological polar surface area (TPSA) is 52.1 Å². The summed E-state index contributed by atoms with van der Waals surface area (Å²) in [5, 5.41) is 0. The van der Waals surface area contributed by atoms with Crippen LogP contribution < -0.4 is 0 Å². The molecule has 0 spiro atoms. The van der Waals surface area contributed by atoms with Crippen LogP contribution in [0.25, 0.3) is 27.1 Å². The molecule has 0 bridgehead atoms. The molecule has 176 valence electrons. The number of carbonyl (C=O) groups is 1. The highest BCUT2D eigenvalue weighted by atomic mass is 16.1. The van der Waals surface area contributed by atoms with Crippen molar-refractivity contribution in [2.75, 3.05) is 0 Å². The van der Waals surface area contributed by atoms with E-state index in [0.717, 1.165) is 51.4 Å². The van der Waals surface area contributed by atoms with Crippen molar-refractivity contribution >= 4 is 22.6 Å². The van der Waals surface area contributed by atoms with Gasteiger partial charge in [-0.25, -0.2) is 14.8 Å². The van der Waals surface area contributed by atoms with Gasteiger partial charge in [0, 0.05) is 23.2 Å². The van der Waals surface area contributed by atoms with Crippen LogP contribution in [0, 0.1) is 20.4 Å². The van der Waals surface area contributed by atoms with Crippen molar-refractivity contribution in [1.29, 1.82) is 0 Å². The molecule has 0 N–H and O–H groups in total. The lowest BCUT2D eigenvalue weighted by atomic mass is 9.96. The summed E-state index contributed by atoms with van der Waals surface area (Å²) in [6.45, 7) is 14.5. The first-order valence-corrected chi connectivity index (χ1v) is 12.0. The molecule has 0 unspecified atom stereocenters. The Bertz CT molecular complexity index is 1620. The highest BCUT2D eigenvalue weighted by molar-refractivity contribution is 6.10. The average molecular weight is 471 g/mol. The van der Waals surface area contributed by atoms with E-state index in [-0.39, 0.29) is 5.78 Å². The maximum Gasteiger partial charge on any atom is 0.194 e. The maximum absolute atomic E-state index is 13.0. The maximum atomic E-state index is 13.0. The van der Waals surface area contributed by atoms with Gasteiger partial charge in [-0.1, -0.05) is 79.7 Å². The van der Waals surface area contributed by atoms with Crippen molar-refractivity contribution in [2.24, 2.45) is 0 Å². The first-order chi connectivity index (χ1) is 17.5. The molecule has 0 saturated carbocycles. The van der Waals surface area contributed by atoms with Crippen LogP contribution in [0.5, 0.6) is 0 Å². The van der Waals surface area contributed by atoms with Crippen molar-refractivity contribution < 1.29 is 4.79 Å². The van der Waals surface area contributed by atoms with E-state index >= 15 is 0 Å². The predicted octanol–water partition coefficient (Wildman–Crippen LogP) is 7.11. The molecule has 0 saturated heterocycles. The number of hydrogen-bond donors (Lipinski definition) is 0. The second-order valence-electron chi connectivity index (χ2n) is 8.96. The molecule has 0 fully saturated rings. The van der Waals surface area contributed by atoms with Crippen molar-refractivity contribution in [3.8, 4) is 11.1 Å². The zero-order valence-corrected chi connectivity index (χ0v) is 20.6. The number of nitrogens with zero attached hydrogens (tertiary/aromatic N) is 4. The lowest BCUT2D eigenvalue weighted by Crippen LogP contribution is -2.05. The van der Waals surface area contributed by atoms with E-state index in [0.29, 0.717) is 23.4 Å². The Hall–Kier alpha value is -4.56. The number of aromatic nitrogens is 3. The fourth-order valence-corrected chi connectivity index (χ4v) is 4.62. The van der Waals surface area contributed by atoms with Gasteiger partial charge in [-0.3, -0.25) is 4.79 Å². The van der Waals surface area contributed by atoms with Crippen LogP contribution in [0.15, 0.2) is 78.9 Å². The van der Waals surface area contributed by atoms with E-state index in [1.54, 1.807) is 12.1 Å². The SMILES string of the molecule is [C-]#[N+]c1ccc(C(=O)c2ccccc2)cc1-c1ccc(Cn2c(CC)nc3c(C)cc(C)nc32)cc1. The number of imidazole rings is 1. The summed E-state index contributed by atoms with van der Waals surface area (Å²) in [6.07, 6.45) is 0.823. The molecule has 0 atom stereocenters. The number of aryl methyl sites for hydroxylation is 3. The van der Waals surface area contributed by atoms with E-state index < -0.39 is 0 Å². The molecule has 2 heterocycles. The van der Waals surface area contributed by atoms with Gasteiger partial charge in [-0.15, -0.1) is 0 Å². The molecule has 5 aromatic rings. The summed E-state index contributed by atoms with van der Waals surface area (Å²) in [5.41, 5.74) is 8.50. The van der Waals surface area contributed by atoms with Crippen LogP contribution in [0.4, 0.5) is 5.69 Å². The van der Waals surface area contributed by atoms with Crippen LogP contribution in [0.1, 0.15) is 45.5 Å². The molecule has 0 amide bonds. The number of carbonyl (C=O) groups excluding carboxylic acids is 1. The van der Waals surface area contributed by atoms with Gasteiger partial charge >= 0.3 is 0 Å². The summed E-state index contributed by atoms with van der Waals surface area (Å²) in [4.78, 5) is 26.3. The van der Waals surface area contributed by atoms with E-state index in [1.165, 1.54) is 0 Å². The van der Waals surface area contributed by atoms with Crippen molar-refractivity contribution in [1.82, 2.24) is 14.5 Å². The molecular formula is C31H26N4O. The quantitative estimate of drug-likeness (QED) is 0.196. The van der Waals surface area contributed by atoms with Crippen LogP contribution in [0.3, 0.4) is 0 Å². The van der Waals surface area contributed by atoms with E-state index in [9.17, 15) is 4.79 Å². The van der Waals surface area contributed by atoms with Gasteiger partial charge < -0.3 is 4.57 Å². The van der Waals surface area contributed by atoms with Crippen LogP contribution in [0.2, 0.25) is 0 Å². The normalized spacial score (nSPS) is 10.9. The third kappa shape index (κ3) is 4.30. The van der Waals surface area contributed by atoms with Crippen LogP contribution >= 0.6 is 0 Å². The molecule has 5 heteroatoms. The number of pyridine rings is 1. The molecular weight excluding hydrogens is 444 g/mol. The molecule has 36 heavy (non-hydrogen) atoms. The van der Waals surface area contributed by atoms with Gasteiger partial charge in [0.25, 0.3) is 0 Å². The van der Waals surface area contributed by atoms with Gasteiger partial charge in [0.2, 0.25) is 0 Å². The first kappa shape index (κ1) is 23.2. The van der Waals surface area contributed by atoms with E-state index in [4.69, 9.17) is 16.5 Å². The summed E-state index contributed by atoms with van der Waals surface area (Å²) < 4.78 is 2.19. The second kappa shape index (κ2) is 9.59. The Morgan fingerprint density at radius 1 is 0.917 bits per heavy atom. The molecule has 5 rings (SSSR count). The van der Waals surface area contributed by atoms with Gasteiger partial charge in [-0.2, -0.15) is 0 Å². The minimum atomic E-state index is -0.0535. The number of fused-ring (bicyclic) bond motifs is 1. The molecule has 0 aliphatic carbocycles. The average Bonchev–Trinajstić information content (AvgIpc) is 3.26. The van der Waals surface area contributed by atoms with Crippen molar-refractivity contribution in [3.63, 3.8) is 0 Å². The predicted molar refractivity (Wildman–Crippen MR) is 143 cm³/mol. The minimum absolute atomic E-state index is 0.0535. The third-order valence-corrected chi connectivity index (χ3v) is 6.44. The van der Waals surface area contributed by atoms with E-state index in [1.807, 2.05) is 55.5 Å². The van der Waals surface area contributed by atoms with E-state index in [2.05, 4.69) is 41.5 Å². The molecule has 0 aliphatic heterocycles. The Morgan fingerprint density at radius 3 is 2.36 bits per heavy atom. The van der Waals surface area contributed by atoms with Crippen LogP contribution in [-0.2, 0) is 13.0 Å². The zero-order chi connectivity index (χ0) is 25.2. The lowest BCUT2D eigenvalue weighted by molar-refractivity contribution is 0.103. The highest BCUT2D eigenvalue weighted by Crippen LogP contribution is 2.32. The fourth-order valence-electron chi connectivity index (χ4n) is 4.62. The van der Waals surface area contributed by atoms with Gasteiger partial charge in [0.05, 0.1) is 13.1 Å². The number of ketones is 1. The minimum Gasteiger partial charge on any atom is -0.308 e. The summed E-state index contributed by atoms with van der Waals surface area (Å²) in [7, 11) is 0. The number of rotatable bonds is 6. The van der Waals surface area contributed by atoms with Crippen molar-refractivity contribution in [3.05, 3.63) is 124 Å². The summed E-state index contributed by atoms with van der Waals surface area (Å²) in [6, 6.07) is 24.7. The Labute approximate surface area is 210 Å². The molecule has 2 aromatic heterocycles. The Kier molecular flexibility index (Phi) is 6.18. The third-order valence-electron chi connectivity index (χ3n) is 6.44. The smallest absolute Gasteiger partial charge is 0.194 e. The van der Waals surface area contributed by atoms with Gasteiger partial charge in [0.1, 0.15) is 11.3 Å². The first-order valence-electron chi connectivity index (χ1n) is 12.0. The lowest BCUT2D eigenvalue weighted by Gasteiger charge is -2.11. The number of benzene rings is 3. The standard InChI is InChI=1S/C31H26N4O/c1-5-28-34-29-20(2)17-21(3)33-31(29)35(28)19-22-11-13-23(14-12-22)26-18-25(15-16-27(26)32-4)30(36)24-9-7-6-8-10-24/h6-18H,5,19H2,1-3H3. The largest absolute Gasteiger partial charge is 0.308 e. The number of hydrogen-bond acceptors (Lipinski definition) is 3. The molecule has 5 nitrogen and oxygen atoms in total. The van der Waals surface area contributed by atoms with Gasteiger partial charge in [0.15, 0.2) is 17.1 Å². The zero-order valence-electron chi connectivity index (χ0n) is 20.6. The molecule has 3 aromatic carbocycles. The fraction of sp³-hybridized carbons (Fsp3) is 0.161. The summed E-state index contributed by atoms with van der Waals surface area (Å²) >= 11 is 0. The Morgan fingerprint density at radius 2 is 1.67 bits per heavy atom. The van der Waals surface area contributed by atoms with Crippen molar-refractivity contribution in [2.45, 2.75) is 33.7 Å². The Balaban J connectivity index is 1.49. The monoisotopic (exact) mass is 470 g/mol. The van der Waals surface area contributed by atoms with Crippen LogP contribution in [-0.4, -0.2) is 20.3 Å².